The van der Waals surface area contributed by atoms with E-state index in [0.717, 1.165) is 6.42 Å². The summed E-state index contributed by atoms with van der Waals surface area (Å²) in [4.78, 5) is 0. The maximum atomic E-state index is 3.56. The van der Waals surface area contributed by atoms with Crippen molar-refractivity contribution in [1.82, 2.24) is 5.32 Å². The van der Waals surface area contributed by atoms with Gasteiger partial charge in [0, 0.05) is 6.04 Å². The van der Waals surface area contributed by atoms with Crippen molar-refractivity contribution in [2.45, 2.75) is 44.6 Å². The van der Waals surface area contributed by atoms with Gasteiger partial charge in [0.15, 0.2) is 0 Å². The number of hydrogen-bond donors (Lipinski definition) is 1. The molecule has 1 atom stereocenters. The van der Waals surface area contributed by atoms with Gasteiger partial charge in [0.05, 0.1) is 0 Å². The van der Waals surface area contributed by atoms with Gasteiger partial charge < -0.3 is 5.32 Å². The first-order chi connectivity index (χ1) is 11.4. The molecule has 2 aromatic carbocycles. The van der Waals surface area contributed by atoms with Crippen LogP contribution in [0.3, 0.4) is 0 Å². The summed E-state index contributed by atoms with van der Waals surface area (Å²) >= 11 is 0. The normalized spacial score (nSPS) is 20.7. The molecule has 1 unspecified atom stereocenters. The highest BCUT2D eigenvalue weighted by Crippen LogP contribution is 2.42. The van der Waals surface area contributed by atoms with E-state index in [9.17, 15) is 0 Å². The second-order valence-corrected chi connectivity index (χ2v) is 6.81. The standard InChI is InChI=1S/C22H25N/c1-23-22-15-16-9-5-6-10-17(16)18-11-3-2-4-12-19(18)20-13-7-8-14-21(20)22/h5-10,13-14,22-23H,2-4,11-12,15H2,1H3. The van der Waals surface area contributed by atoms with Gasteiger partial charge >= 0.3 is 0 Å². The van der Waals surface area contributed by atoms with Crippen molar-refractivity contribution in [3.05, 3.63) is 70.8 Å². The molecule has 2 aliphatic rings. The zero-order valence-corrected chi connectivity index (χ0v) is 13.9. The van der Waals surface area contributed by atoms with E-state index >= 15 is 0 Å². The number of hydrogen-bond acceptors (Lipinski definition) is 1. The molecule has 0 spiro atoms. The van der Waals surface area contributed by atoms with Crippen LogP contribution in [-0.4, -0.2) is 7.05 Å². The van der Waals surface area contributed by atoms with Crippen LogP contribution in [0.2, 0.25) is 0 Å². The van der Waals surface area contributed by atoms with Crippen LogP contribution in [-0.2, 0) is 6.42 Å². The van der Waals surface area contributed by atoms with Gasteiger partial charge in [-0.2, -0.15) is 0 Å². The van der Waals surface area contributed by atoms with Crippen LogP contribution in [0, 0.1) is 0 Å². The second kappa shape index (κ2) is 6.33. The predicted octanol–water partition coefficient (Wildman–Crippen LogP) is 5.38. The molecule has 4 rings (SSSR count). The minimum absolute atomic E-state index is 0.393. The largest absolute Gasteiger partial charge is 0.313 e. The van der Waals surface area contributed by atoms with E-state index in [1.807, 2.05) is 0 Å². The topological polar surface area (TPSA) is 12.0 Å². The van der Waals surface area contributed by atoms with Gasteiger partial charge in [0.2, 0.25) is 0 Å². The number of fused-ring (bicyclic) bond motifs is 4. The average Bonchev–Trinajstić information content (AvgIpc) is 2.84. The predicted molar refractivity (Wildman–Crippen MR) is 98.3 cm³/mol. The molecule has 0 saturated carbocycles. The van der Waals surface area contributed by atoms with E-state index < -0.39 is 0 Å². The van der Waals surface area contributed by atoms with Crippen molar-refractivity contribution in [2.75, 3.05) is 7.05 Å². The number of likely N-dealkylation sites (N-methyl/N-ethyl adjacent to an activating group) is 1. The first-order valence-corrected chi connectivity index (χ1v) is 8.95. The first-order valence-electron chi connectivity index (χ1n) is 8.95. The monoisotopic (exact) mass is 303 g/mol. The van der Waals surface area contributed by atoms with Crippen LogP contribution in [0.4, 0.5) is 0 Å². The fraction of sp³-hybridized carbons (Fsp3) is 0.364. The van der Waals surface area contributed by atoms with E-state index in [-0.39, 0.29) is 0 Å². The third-order valence-electron chi connectivity index (χ3n) is 5.49. The lowest BCUT2D eigenvalue weighted by Crippen LogP contribution is -2.22. The summed E-state index contributed by atoms with van der Waals surface area (Å²) in [5, 5.41) is 3.56. The highest BCUT2D eigenvalue weighted by molar-refractivity contribution is 5.93. The number of benzene rings is 2. The van der Waals surface area contributed by atoms with Crippen molar-refractivity contribution in [2.24, 2.45) is 0 Å². The van der Waals surface area contributed by atoms with Crippen LogP contribution >= 0.6 is 0 Å². The van der Waals surface area contributed by atoms with Gasteiger partial charge in [-0.05, 0) is 72.6 Å². The minimum Gasteiger partial charge on any atom is -0.313 e. The van der Waals surface area contributed by atoms with Crippen molar-refractivity contribution >= 4 is 11.1 Å². The molecule has 0 fully saturated rings. The van der Waals surface area contributed by atoms with Crippen molar-refractivity contribution in [3.63, 3.8) is 0 Å². The zero-order valence-electron chi connectivity index (χ0n) is 13.9. The zero-order chi connectivity index (χ0) is 15.6. The Morgan fingerprint density at radius 2 is 1.43 bits per heavy atom. The average molecular weight is 303 g/mol. The summed E-state index contributed by atoms with van der Waals surface area (Å²) in [6, 6.07) is 18.5. The maximum Gasteiger partial charge on any atom is 0.0364 e. The van der Waals surface area contributed by atoms with Crippen LogP contribution in [0.5, 0.6) is 0 Å². The molecule has 0 aliphatic heterocycles. The van der Waals surface area contributed by atoms with Gasteiger partial charge in [0.25, 0.3) is 0 Å². The van der Waals surface area contributed by atoms with Gasteiger partial charge in [-0.3, -0.25) is 0 Å². The Morgan fingerprint density at radius 3 is 2.22 bits per heavy atom. The molecule has 0 aromatic heterocycles. The van der Waals surface area contributed by atoms with Gasteiger partial charge in [-0.15, -0.1) is 0 Å². The summed E-state index contributed by atoms with van der Waals surface area (Å²) in [7, 11) is 2.09. The Bertz CT molecular complexity index is 741. The summed E-state index contributed by atoms with van der Waals surface area (Å²) in [5.41, 5.74) is 9.16. The molecule has 1 N–H and O–H groups in total. The molecule has 2 aliphatic carbocycles. The molecule has 0 bridgehead atoms. The summed E-state index contributed by atoms with van der Waals surface area (Å²) in [6.45, 7) is 0. The fourth-order valence-electron chi connectivity index (χ4n) is 4.33. The Balaban J connectivity index is 2.01. The van der Waals surface area contributed by atoms with Crippen molar-refractivity contribution in [3.8, 4) is 0 Å². The molecule has 23 heavy (non-hydrogen) atoms. The Hall–Kier alpha value is -1.86. The molecule has 118 valence electrons. The smallest absolute Gasteiger partial charge is 0.0364 e. The first kappa shape index (κ1) is 14.7. The van der Waals surface area contributed by atoms with Crippen LogP contribution < -0.4 is 5.32 Å². The van der Waals surface area contributed by atoms with E-state index in [2.05, 4.69) is 60.9 Å². The minimum atomic E-state index is 0.393. The van der Waals surface area contributed by atoms with Crippen LogP contribution in [0.1, 0.15) is 60.4 Å². The molecule has 1 heteroatoms. The van der Waals surface area contributed by atoms with Gasteiger partial charge in [-0.25, -0.2) is 0 Å². The highest BCUT2D eigenvalue weighted by atomic mass is 14.9. The summed E-state index contributed by atoms with van der Waals surface area (Å²) in [6.07, 6.45) is 7.51. The second-order valence-electron chi connectivity index (χ2n) is 6.81. The molecule has 1 nitrogen and oxygen atoms in total. The quantitative estimate of drug-likeness (QED) is 0.746. The molecule has 0 saturated heterocycles. The van der Waals surface area contributed by atoms with Crippen LogP contribution in [0.15, 0.2) is 48.5 Å². The summed E-state index contributed by atoms with van der Waals surface area (Å²) < 4.78 is 0. The SMILES string of the molecule is CNC1Cc2ccccc2C2=C(CCCCC2)c2ccccc21. The Morgan fingerprint density at radius 1 is 0.783 bits per heavy atom. The lowest BCUT2D eigenvalue weighted by Gasteiger charge is -2.28. The summed E-state index contributed by atoms with van der Waals surface area (Å²) in [5.74, 6) is 0. The van der Waals surface area contributed by atoms with Crippen molar-refractivity contribution < 1.29 is 0 Å². The Labute approximate surface area is 139 Å². The van der Waals surface area contributed by atoms with Crippen molar-refractivity contribution in [1.29, 1.82) is 0 Å². The lowest BCUT2D eigenvalue weighted by atomic mass is 9.80. The molecular formula is C22H25N. The van der Waals surface area contributed by atoms with Gasteiger partial charge in [0.1, 0.15) is 0 Å². The highest BCUT2D eigenvalue weighted by Gasteiger charge is 2.25. The molecule has 0 amide bonds. The third-order valence-corrected chi connectivity index (χ3v) is 5.49. The molecular weight excluding hydrogens is 278 g/mol. The van der Waals surface area contributed by atoms with E-state index in [1.165, 1.54) is 54.4 Å². The fourth-order valence-corrected chi connectivity index (χ4v) is 4.33. The number of allylic oxidation sites excluding steroid dienone is 2. The van der Waals surface area contributed by atoms with Crippen LogP contribution in [0.25, 0.3) is 11.1 Å². The third kappa shape index (κ3) is 2.64. The maximum absolute atomic E-state index is 3.56. The van der Waals surface area contributed by atoms with E-state index in [4.69, 9.17) is 0 Å². The molecule has 2 aromatic rings. The Kier molecular flexibility index (Phi) is 4.05. The van der Waals surface area contributed by atoms with Gasteiger partial charge in [-0.1, -0.05) is 55.0 Å². The van der Waals surface area contributed by atoms with E-state index in [1.54, 1.807) is 11.1 Å². The molecule has 0 radical (unpaired) electrons. The number of rotatable bonds is 1. The molecule has 0 heterocycles. The van der Waals surface area contributed by atoms with E-state index in [0.29, 0.717) is 6.04 Å². The lowest BCUT2D eigenvalue weighted by molar-refractivity contribution is 0.589. The number of nitrogens with one attached hydrogen (secondary N) is 1.